The molecule has 0 saturated heterocycles. The highest BCUT2D eigenvalue weighted by atomic mass is 35.5. The van der Waals surface area contributed by atoms with Crippen LogP contribution >= 0.6 is 23.8 Å². The van der Waals surface area contributed by atoms with E-state index in [9.17, 15) is 0 Å². The van der Waals surface area contributed by atoms with Gasteiger partial charge in [0.25, 0.3) is 0 Å². The number of rotatable bonds is 5. The van der Waals surface area contributed by atoms with Crippen molar-refractivity contribution in [2.24, 2.45) is 5.10 Å². The van der Waals surface area contributed by atoms with Crippen LogP contribution in [0.25, 0.3) is 11.4 Å². The first kappa shape index (κ1) is 17.2. The maximum Gasteiger partial charge on any atom is 0.216 e. The quantitative estimate of drug-likeness (QED) is 0.538. The number of ether oxygens (including phenoxy) is 2. The van der Waals surface area contributed by atoms with E-state index in [2.05, 4.69) is 15.3 Å². The van der Waals surface area contributed by atoms with Crippen LogP contribution < -0.4 is 9.47 Å². The predicted molar refractivity (Wildman–Crippen MR) is 100 cm³/mol. The summed E-state index contributed by atoms with van der Waals surface area (Å²) in [4.78, 5) is 0. The number of H-pyrrole nitrogens is 1. The Hall–Kier alpha value is -2.64. The Morgan fingerprint density at radius 1 is 1.16 bits per heavy atom. The maximum absolute atomic E-state index is 5.99. The van der Waals surface area contributed by atoms with Crippen LogP contribution in [-0.4, -0.2) is 35.3 Å². The maximum atomic E-state index is 5.99. The van der Waals surface area contributed by atoms with Crippen molar-refractivity contribution in [1.82, 2.24) is 14.9 Å². The van der Waals surface area contributed by atoms with Crippen LogP contribution in [-0.2, 0) is 0 Å². The van der Waals surface area contributed by atoms with E-state index < -0.39 is 0 Å². The second-order valence-corrected chi connectivity index (χ2v) is 5.86. The van der Waals surface area contributed by atoms with E-state index in [1.165, 1.54) is 4.68 Å². The lowest BCUT2D eigenvalue weighted by Crippen LogP contribution is -1.96. The van der Waals surface area contributed by atoms with Gasteiger partial charge in [-0.3, -0.25) is 0 Å². The summed E-state index contributed by atoms with van der Waals surface area (Å²) >= 11 is 11.3. The number of halogens is 1. The molecule has 6 nitrogen and oxygen atoms in total. The zero-order chi connectivity index (χ0) is 17.8. The van der Waals surface area contributed by atoms with E-state index in [1.807, 2.05) is 30.3 Å². The van der Waals surface area contributed by atoms with Crippen LogP contribution in [0.2, 0.25) is 5.02 Å². The molecule has 1 aromatic heterocycles. The molecule has 0 aliphatic carbocycles. The monoisotopic (exact) mass is 374 g/mol. The zero-order valence-corrected chi connectivity index (χ0v) is 15.1. The van der Waals surface area contributed by atoms with Gasteiger partial charge in [0.1, 0.15) is 0 Å². The van der Waals surface area contributed by atoms with Crippen molar-refractivity contribution in [2.45, 2.75) is 0 Å². The molecule has 1 N–H and O–H groups in total. The second kappa shape index (κ2) is 7.50. The molecule has 0 saturated carbocycles. The first-order chi connectivity index (χ1) is 12.1. The van der Waals surface area contributed by atoms with Gasteiger partial charge in [0.2, 0.25) is 4.77 Å². The van der Waals surface area contributed by atoms with Crippen LogP contribution in [0.5, 0.6) is 11.5 Å². The number of aromatic amines is 1. The summed E-state index contributed by atoms with van der Waals surface area (Å²) in [6.45, 7) is 0. The third kappa shape index (κ3) is 3.72. The minimum Gasteiger partial charge on any atom is -0.493 e. The third-order valence-corrected chi connectivity index (χ3v) is 3.96. The number of nitrogens with zero attached hydrogens (tertiary/aromatic N) is 3. The van der Waals surface area contributed by atoms with E-state index in [4.69, 9.17) is 33.3 Å². The molecule has 0 bridgehead atoms. The molecule has 128 valence electrons. The molecule has 3 aromatic rings. The SMILES string of the molecule is COc1ccc(-c2n[nH]c(=S)n2/N=C/c2cccc(Cl)c2)cc1OC. The molecular weight excluding hydrogens is 360 g/mol. The highest BCUT2D eigenvalue weighted by Crippen LogP contribution is 2.31. The summed E-state index contributed by atoms with van der Waals surface area (Å²) in [5.74, 6) is 1.79. The molecule has 0 aliphatic heterocycles. The average Bonchev–Trinajstić information content (AvgIpc) is 3.00. The van der Waals surface area contributed by atoms with Crippen LogP contribution in [0.4, 0.5) is 0 Å². The van der Waals surface area contributed by atoms with Crippen molar-refractivity contribution in [3.8, 4) is 22.9 Å². The van der Waals surface area contributed by atoms with Crippen molar-refractivity contribution >= 4 is 30.0 Å². The lowest BCUT2D eigenvalue weighted by Gasteiger charge is -2.09. The van der Waals surface area contributed by atoms with Crippen molar-refractivity contribution in [2.75, 3.05) is 14.2 Å². The molecular formula is C17H15ClN4O2S. The first-order valence-electron chi connectivity index (χ1n) is 7.32. The number of hydrogen-bond acceptors (Lipinski definition) is 5. The van der Waals surface area contributed by atoms with Gasteiger partial charge in [0.05, 0.1) is 20.4 Å². The van der Waals surface area contributed by atoms with Gasteiger partial charge >= 0.3 is 0 Å². The van der Waals surface area contributed by atoms with E-state index in [1.54, 1.807) is 32.6 Å². The first-order valence-corrected chi connectivity index (χ1v) is 8.10. The Morgan fingerprint density at radius 3 is 2.68 bits per heavy atom. The van der Waals surface area contributed by atoms with Crippen LogP contribution in [0, 0.1) is 4.77 Å². The summed E-state index contributed by atoms with van der Waals surface area (Å²) in [7, 11) is 3.17. The van der Waals surface area contributed by atoms with Crippen molar-refractivity contribution < 1.29 is 9.47 Å². The van der Waals surface area contributed by atoms with Gasteiger partial charge in [-0.1, -0.05) is 23.7 Å². The Bertz CT molecular complexity index is 981. The number of hydrogen-bond donors (Lipinski definition) is 1. The molecule has 0 amide bonds. The molecule has 8 heteroatoms. The molecule has 3 rings (SSSR count). The number of aromatic nitrogens is 3. The number of nitrogens with one attached hydrogen (secondary N) is 1. The fraction of sp³-hybridized carbons (Fsp3) is 0.118. The fourth-order valence-electron chi connectivity index (χ4n) is 2.27. The smallest absolute Gasteiger partial charge is 0.216 e. The Morgan fingerprint density at radius 2 is 1.96 bits per heavy atom. The summed E-state index contributed by atoms with van der Waals surface area (Å²) in [5, 5.41) is 12.1. The molecule has 0 unspecified atom stereocenters. The van der Waals surface area contributed by atoms with Crippen LogP contribution in [0.15, 0.2) is 47.6 Å². The van der Waals surface area contributed by atoms with Crippen LogP contribution in [0.3, 0.4) is 0 Å². The summed E-state index contributed by atoms with van der Waals surface area (Å²) in [5.41, 5.74) is 1.64. The van der Waals surface area contributed by atoms with E-state index in [-0.39, 0.29) is 0 Å². The topological polar surface area (TPSA) is 64.4 Å². The van der Waals surface area contributed by atoms with E-state index in [0.717, 1.165) is 11.1 Å². The van der Waals surface area contributed by atoms with Crippen LogP contribution in [0.1, 0.15) is 5.56 Å². The van der Waals surface area contributed by atoms with Gasteiger partial charge in [0.15, 0.2) is 17.3 Å². The molecule has 25 heavy (non-hydrogen) atoms. The fourth-order valence-corrected chi connectivity index (χ4v) is 2.65. The highest BCUT2D eigenvalue weighted by Gasteiger charge is 2.12. The minimum atomic E-state index is 0.378. The van der Waals surface area contributed by atoms with E-state index in [0.29, 0.717) is 27.1 Å². The number of benzene rings is 2. The van der Waals surface area contributed by atoms with Crippen molar-refractivity contribution in [3.63, 3.8) is 0 Å². The lowest BCUT2D eigenvalue weighted by atomic mass is 10.2. The summed E-state index contributed by atoms with van der Waals surface area (Å²) in [6.07, 6.45) is 1.67. The summed E-state index contributed by atoms with van der Waals surface area (Å²) in [6, 6.07) is 12.8. The Balaban J connectivity index is 2.01. The van der Waals surface area contributed by atoms with Gasteiger partial charge in [-0.15, -0.1) is 0 Å². The average molecular weight is 375 g/mol. The molecule has 1 heterocycles. The molecule has 0 atom stereocenters. The standard InChI is InChI=1S/C17H15ClN4O2S/c1-23-14-7-6-12(9-15(14)24-2)16-20-21-17(25)22(16)19-10-11-4-3-5-13(18)8-11/h3-10H,1-2H3,(H,21,25)/b19-10+. The largest absolute Gasteiger partial charge is 0.493 e. The van der Waals surface area contributed by atoms with Gasteiger partial charge in [-0.25, -0.2) is 5.10 Å². The van der Waals surface area contributed by atoms with Gasteiger partial charge in [0, 0.05) is 10.6 Å². The molecule has 0 spiro atoms. The molecule has 0 radical (unpaired) electrons. The van der Waals surface area contributed by atoms with Gasteiger partial charge in [-0.2, -0.15) is 14.9 Å². The van der Waals surface area contributed by atoms with Gasteiger partial charge in [-0.05, 0) is 48.1 Å². The Kier molecular flexibility index (Phi) is 5.16. The van der Waals surface area contributed by atoms with E-state index >= 15 is 0 Å². The third-order valence-electron chi connectivity index (χ3n) is 3.46. The molecule has 0 aliphatic rings. The minimum absolute atomic E-state index is 0.378. The molecule has 2 aromatic carbocycles. The van der Waals surface area contributed by atoms with Crippen molar-refractivity contribution in [1.29, 1.82) is 0 Å². The van der Waals surface area contributed by atoms with Crippen molar-refractivity contribution in [3.05, 3.63) is 57.8 Å². The molecule has 0 fully saturated rings. The highest BCUT2D eigenvalue weighted by molar-refractivity contribution is 7.71. The second-order valence-electron chi connectivity index (χ2n) is 5.03. The normalized spacial score (nSPS) is 11.0. The van der Waals surface area contributed by atoms with Gasteiger partial charge < -0.3 is 9.47 Å². The lowest BCUT2D eigenvalue weighted by molar-refractivity contribution is 0.355. The predicted octanol–water partition coefficient (Wildman–Crippen LogP) is 4.16. The Labute approximate surface area is 154 Å². The summed E-state index contributed by atoms with van der Waals surface area (Å²) < 4.78 is 12.5. The number of methoxy groups -OCH3 is 2. The zero-order valence-electron chi connectivity index (χ0n) is 13.6.